The Hall–Kier alpha value is -0.820. The molecule has 0 aliphatic rings. The minimum absolute atomic E-state index is 1.08. The van der Waals surface area contributed by atoms with Crippen molar-refractivity contribution >= 4 is 0 Å². The Morgan fingerprint density at radius 3 is 1.46 bits per heavy atom. The van der Waals surface area contributed by atoms with Crippen LogP contribution in [0.5, 0.6) is 0 Å². The lowest BCUT2D eigenvalue weighted by atomic mass is 10.0. The molecule has 150 valence electrons. The van der Waals surface area contributed by atoms with Gasteiger partial charge in [-0.2, -0.15) is 0 Å². The molecule has 0 aromatic heterocycles. The van der Waals surface area contributed by atoms with Gasteiger partial charge in [0.05, 0.1) is 0 Å². The van der Waals surface area contributed by atoms with Crippen LogP contribution >= 0.6 is 0 Å². The molecule has 0 aliphatic carbocycles. The predicted molar refractivity (Wildman–Crippen MR) is 118 cm³/mol. The maximum atomic E-state index is 2.46. The van der Waals surface area contributed by atoms with Crippen molar-refractivity contribution < 1.29 is 0 Å². The van der Waals surface area contributed by atoms with Crippen LogP contribution in [-0.2, 0) is 6.54 Å². The summed E-state index contributed by atoms with van der Waals surface area (Å²) in [6, 6.07) is 10.8. The van der Waals surface area contributed by atoms with Crippen LogP contribution in [0, 0.1) is 0 Å². The molecule has 0 heterocycles. The van der Waals surface area contributed by atoms with E-state index in [-0.39, 0.29) is 0 Å². The van der Waals surface area contributed by atoms with E-state index in [4.69, 9.17) is 0 Å². The molecule has 1 aromatic carbocycles. The summed E-state index contributed by atoms with van der Waals surface area (Å²) in [6.07, 6.45) is 21.6. The van der Waals surface area contributed by atoms with E-state index in [0.29, 0.717) is 0 Å². The van der Waals surface area contributed by atoms with Crippen LogP contribution in [0.1, 0.15) is 109 Å². The highest BCUT2D eigenvalue weighted by Gasteiger charge is 2.00. The van der Waals surface area contributed by atoms with Gasteiger partial charge in [0.25, 0.3) is 0 Å². The zero-order valence-electron chi connectivity index (χ0n) is 17.9. The van der Waals surface area contributed by atoms with Gasteiger partial charge in [-0.05, 0) is 25.6 Å². The van der Waals surface area contributed by atoms with Gasteiger partial charge < -0.3 is 4.90 Å². The molecule has 0 bridgehead atoms. The van der Waals surface area contributed by atoms with E-state index in [1.165, 1.54) is 108 Å². The third kappa shape index (κ3) is 14.4. The topological polar surface area (TPSA) is 3.24 Å². The Balaban J connectivity index is 1.77. The van der Waals surface area contributed by atoms with Crippen LogP contribution in [-0.4, -0.2) is 18.5 Å². The Kier molecular flexibility index (Phi) is 15.7. The molecular weight excluding hydrogens is 314 g/mol. The van der Waals surface area contributed by atoms with Gasteiger partial charge in [0.15, 0.2) is 0 Å². The SMILES string of the molecule is CCCCCCCCCCCCCCCCCN(C)Cc1ccccc1. The summed E-state index contributed by atoms with van der Waals surface area (Å²) in [4.78, 5) is 2.46. The van der Waals surface area contributed by atoms with Crippen molar-refractivity contribution in [1.29, 1.82) is 0 Å². The molecule has 0 fully saturated rings. The van der Waals surface area contributed by atoms with Crippen LogP contribution in [0.2, 0.25) is 0 Å². The fourth-order valence-corrected chi connectivity index (χ4v) is 3.73. The third-order valence-corrected chi connectivity index (χ3v) is 5.44. The predicted octanol–water partition coefficient (Wildman–Crippen LogP) is 7.99. The maximum Gasteiger partial charge on any atom is 0.0230 e. The molecule has 0 radical (unpaired) electrons. The average Bonchev–Trinajstić information content (AvgIpc) is 2.65. The highest BCUT2D eigenvalue weighted by Crippen LogP contribution is 2.13. The number of nitrogens with zero attached hydrogens (tertiary/aromatic N) is 1. The fraction of sp³-hybridized carbons (Fsp3) is 0.760. The van der Waals surface area contributed by atoms with Gasteiger partial charge in [-0.15, -0.1) is 0 Å². The first-order valence-corrected chi connectivity index (χ1v) is 11.6. The van der Waals surface area contributed by atoms with E-state index in [2.05, 4.69) is 49.2 Å². The monoisotopic (exact) mass is 359 g/mol. The van der Waals surface area contributed by atoms with Crippen LogP contribution in [0.15, 0.2) is 30.3 Å². The van der Waals surface area contributed by atoms with Crippen LogP contribution < -0.4 is 0 Å². The minimum Gasteiger partial charge on any atom is -0.302 e. The summed E-state index contributed by atoms with van der Waals surface area (Å²) in [5.74, 6) is 0. The van der Waals surface area contributed by atoms with E-state index in [0.717, 1.165) is 6.54 Å². The standard InChI is InChI=1S/C25H45N/c1-3-4-5-6-7-8-9-10-11-12-13-14-15-16-20-23-26(2)24-25-21-18-17-19-22-25/h17-19,21-22H,3-16,20,23-24H2,1-2H3. The number of rotatable bonds is 18. The molecule has 0 amide bonds. The number of benzene rings is 1. The normalized spacial score (nSPS) is 11.3. The molecule has 0 spiro atoms. The van der Waals surface area contributed by atoms with Gasteiger partial charge in [-0.1, -0.05) is 127 Å². The molecule has 1 aromatic rings. The number of hydrogen-bond donors (Lipinski definition) is 0. The summed E-state index contributed by atoms with van der Waals surface area (Å²) >= 11 is 0. The van der Waals surface area contributed by atoms with Gasteiger partial charge in [0.2, 0.25) is 0 Å². The summed E-state index contributed by atoms with van der Waals surface area (Å²) < 4.78 is 0. The first-order chi connectivity index (χ1) is 12.8. The average molecular weight is 360 g/mol. The lowest BCUT2D eigenvalue weighted by Crippen LogP contribution is -2.18. The Labute approximate surface area is 164 Å². The van der Waals surface area contributed by atoms with Crippen molar-refractivity contribution in [3.8, 4) is 0 Å². The Bertz CT molecular complexity index is 386. The van der Waals surface area contributed by atoms with Crippen molar-refractivity contribution in [2.24, 2.45) is 0 Å². The molecule has 26 heavy (non-hydrogen) atoms. The van der Waals surface area contributed by atoms with E-state index >= 15 is 0 Å². The minimum atomic E-state index is 1.08. The van der Waals surface area contributed by atoms with Crippen LogP contribution in [0.3, 0.4) is 0 Å². The fourth-order valence-electron chi connectivity index (χ4n) is 3.73. The Morgan fingerprint density at radius 2 is 1.00 bits per heavy atom. The van der Waals surface area contributed by atoms with Gasteiger partial charge in [-0.25, -0.2) is 0 Å². The second-order valence-electron chi connectivity index (χ2n) is 8.17. The summed E-state index contributed by atoms with van der Waals surface area (Å²) in [5.41, 5.74) is 1.43. The molecule has 1 nitrogen and oxygen atoms in total. The smallest absolute Gasteiger partial charge is 0.0230 e. The molecule has 1 rings (SSSR count). The molecule has 0 N–H and O–H groups in total. The quantitative estimate of drug-likeness (QED) is 0.240. The molecular formula is C25H45N. The van der Waals surface area contributed by atoms with E-state index in [1.807, 2.05) is 0 Å². The molecule has 1 heteroatoms. The first-order valence-electron chi connectivity index (χ1n) is 11.6. The summed E-state index contributed by atoms with van der Waals surface area (Å²) in [6.45, 7) is 4.61. The summed E-state index contributed by atoms with van der Waals surface area (Å²) in [7, 11) is 2.25. The van der Waals surface area contributed by atoms with Crippen LogP contribution in [0.4, 0.5) is 0 Å². The molecule has 0 unspecified atom stereocenters. The Morgan fingerprint density at radius 1 is 0.577 bits per heavy atom. The number of hydrogen-bond acceptors (Lipinski definition) is 1. The van der Waals surface area contributed by atoms with Crippen molar-refractivity contribution in [2.45, 2.75) is 110 Å². The lowest BCUT2D eigenvalue weighted by Gasteiger charge is -2.16. The van der Waals surface area contributed by atoms with E-state index in [9.17, 15) is 0 Å². The lowest BCUT2D eigenvalue weighted by molar-refractivity contribution is 0.316. The van der Waals surface area contributed by atoms with Gasteiger partial charge in [-0.3, -0.25) is 0 Å². The van der Waals surface area contributed by atoms with Gasteiger partial charge in [0.1, 0.15) is 0 Å². The van der Waals surface area contributed by atoms with Gasteiger partial charge in [0, 0.05) is 6.54 Å². The van der Waals surface area contributed by atoms with Crippen molar-refractivity contribution in [2.75, 3.05) is 13.6 Å². The second-order valence-corrected chi connectivity index (χ2v) is 8.17. The molecule has 0 saturated heterocycles. The first kappa shape index (κ1) is 23.2. The third-order valence-electron chi connectivity index (χ3n) is 5.44. The van der Waals surface area contributed by atoms with Crippen LogP contribution in [0.25, 0.3) is 0 Å². The maximum absolute atomic E-state index is 2.46. The zero-order valence-corrected chi connectivity index (χ0v) is 17.9. The van der Waals surface area contributed by atoms with Gasteiger partial charge >= 0.3 is 0 Å². The molecule has 0 saturated carbocycles. The second kappa shape index (κ2) is 17.6. The largest absolute Gasteiger partial charge is 0.302 e. The molecule has 0 aliphatic heterocycles. The van der Waals surface area contributed by atoms with E-state index in [1.54, 1.807) is 0 Å². The van der Waals surface area contributed by atoms with Crippen molar-refractivity contribution in [3.05, 3.63) is 35.9 Å². The van der Waals surface area contributed by atoms with Crippen molar-refractivity contribution in [3.63, 3.8) is 0 Å². The van der Waals surface area contributed by atoms with E-state index < -0.39 is 0 Å². The summed E-state index contributed by atoms with van der Waals surface area (Å²) in [5, 5.41) is 0. The van der Waals surface area contributed by atoms with Crippen molar-refractivity contribution in [1.82, 2.24) is 4.90 Å². The highest BCUT2D eigenvalue weighted by atomic mass is 15.1. The zero-order chi connectivity index (χ0) is 18.7. The number of unbranched alkanes of at least 4 members (excludes halogenated alkanes) is 14. The molecule has 0 atom stereocenters. The highest BCUT2D eigenvalue weighted by molar-refractivity contribution is 5.14.